The van der Waals surface area contributed by atoms with E-state index in [2.05, 4.69) is 15.9 Å². The van der Waals surface area contributed by atoms with Crippen LogP contribution in [-0.2, 0) is 4.74 Å². The number of rotatable bonds is 3. The van der Waals surface area contributed by atoms with Crippen molar-refractivity contribution in [3.63, 3.8) is 0 Å². The van der Waals surface area contributed by atoms with E-state index in [9.17, 15) is 4.79 Å². The molecule has 0 aromatic heterocycles. The maximum absolute atomic E-state index is 12.0. The first-order valence-electron chi connectivity index (χ1n) is 5.85. The van der Waals surface area contributed by atoms with Crippen LogP contribution in [0.15, 0.2) is 28.7 Å². The normalized spacial score (nSPS) is 15.5. The number of nitrogens with one attached hydrogen (secondary N) is 1. The van der Waals surface area contributed by atoms with Crippen LogP contribution in [0.1, 0.15) is 16.8 Å². The molecule has 1 aromatic carbocycles. The topological polar surface area (TPSA) is 53.4 Å². The van der Waals surface area contributed by atoms with Gasteiger partial charge in [0, 0.05) is 23.1 Å². The van der Waals surface area contributed by atoms with Gasteiger partial charge in [-0.2, -0.15) is 0 Å². The molecular weight excluding hydrogens is 296 g/mol. The van der Waals surface area contributed by atoms with E-state index >= 15 is 0 Å². The quantitative estimate of drug-likeness (QED) is 0.529. The van der Waals surface area contributed by atoms with Crippen LogP contribution in [0.2, 0.25) is 0 Å². The minimum absolute atomic E-state index is 0.0148. The Labute approximate surface area is 115 Å². The number of amidine groups is 1. The third kappa shape index (κ3) is 3.40. The second-order valence-corrected chi connectivity index (χ2v) is 5.07. The second kappa shape index (κ2) is 6.11. The summed E-state index contributed by atoms with van der Waals surface area (Å²) < 4.78 is 6.17. The molecule has 1 saturated heterocycles. The van der Waals surface area contributed by atoms with E-state index in [1.165, 1.54) is 0 Å². The summed E-state index contributed by atoms with van der Waals surface area (Å²) >= 11 is 3.33. The van der Waals surface area contributed by atoms with Crippen molar-refractivity contribution >= 4 is 27.5 Å². The van der Waals surface area contributed by atoms with E-state index in [0.717, 1.165) is 4.47 Å². The summed E-state index contributed by atoms with van der Waals surface area (Å²) in [5.41, 5.74) is 0.649. The summed E-state index contributed by atoms with van der Waals surface area (Å²) in [6.07, 6.45) is 0.154. The van der Waals surface area contributed by atoms with E-state index in [1.54, 1.807) is 12.1 Å². The predicted molar refractivity (Wildman–Crippen MR) is 73.2 cm³/mol. The Morgan fingerprint density at radius 1 is 1.28 bits per heavy atom. The number of hydrogen-bond donors (Lipinski definition) is 1. The smallest absolute Gasteiger partial charge is 0.170 e. The molecule has 1 heterocycles. The standard InChI is InChI=1S/C13H15BrN2O2/c14-11-3-1-10(2-4-11)12(17)9-13(15)16-5-7-18-8-6-16/h1-4,15H,5-9H2. The lowest BCUT2D eigenvalue weighted by Gasteiger charge is -2.28. The molecule has 0 spiro atoms. The number of nitrogens with zero attached hydrogens (tertiary/aromatic N) is 1. The molecule has 1 N–H and O–H groups in total. The van der Waals surface area contributed by atoms with Crippen molar-refractivity contribution < 1.29 is 9.53 Å². The van der Waals surface area contributed by atoms with Crippen molar-refractivity contribution in [2.24, 2.45) is 0 Å². The molecule has 0 atom stereocenters. The molecular formula is C13H15BrN2O2. The van der Waals surface area contributed by atoms with Gasteiger partial charge in [-0.15, -0.1) is 0 Å². The molecule has 5 heteroatoms. The summed E-state index contributed by atoms with van der Waals surface area (Å²) in [6, 6.07) is 7.23. The number of hydrogen-bond acceptors (Lipinski definition) is 3. The van der Waals surface area contributed by atoms with E-state index in [4.69, 9.17) is 10.1 Å². The van der Waals surface area contributed by atoms with Crippen molar-refractivity contribution in [2.45, 2.75) is 6.42 Å². The highest BCUT2D eigenvalue weighted by atomic mass is 79.9. The van der Waals surface area contributed by atoms with Gasteiger partial charge in [0.25, 0.3) is 0 Å². The lowest BCUT2D eigenvalue weighted by Crippen LogP contribution is -2.41. The van der Waals surface area contributed by atoms with Crippen LogP contribution in [0.5, 0.6) is 0 Å². The van der Waals surface area contributed by atoms with Gasteiger partial charge in [-0.25, -0.2) is 0 Å². The minimum Gasteiger partial charge on any atom is -0.378 e. The molecule has 0 saturated carbocycles. The molecule has 18 heavy (non-hydrogen) atoms. The van der Waals surface area contributed by atoms with Gasteiger partial charge >= 0.3 is 0 Å². The van der Waals surface area contributed by atoms with E-state index < -0.39 is 0 Å². The SMILES string of the molecule is N=C(CC(=O)c1ccc(Br)cc1)N1CCOCC1. The van der Waals surface area contributed by atoms with Crippen molar-refractivity contribution in [3.8, 4) is 0 Å². The van der Waals surface area contributed by atoms with Gasteiger partial charge in [0.1, 0.15) is 5.84 Å². The molecule has 1 fully saturated rings. The van der Waals surface area contributed by atoms with Crippen LogP contribution in [0.4, 0.5) is 0 Å². The molecule has 1 aromatic rings. The zero-order valence-electron chi connectivity index (χ0n) is 9.99. The fraction of sp³-hybridized carbons (Fsp3) is 0.385. The number of ether oxygens (including phenoxy) is 1. The van der Waals surface area contributed by atoms with Crippen LogP contribution in [0.25, 0.3) is 0 Å². The zero-order chi connectivity index (χ0) is 13.0. The lowest BCUT2D eigenvalue weighted by atomic mass is 10.1. The number of ketones is 1. The Hall–Kier alpha value is -1.20. The first-order valence-corrected chi connectivity index (χ1v) is 6.65. The average Bonchev–Trinajstić information content (AvgIpc) is 2.40. The first-order chi connectivity index (χ1) is 8.66. The van der Waals surface area contributed by atoms with Crippen LogP contribution in [0, 0.1) is 5.41 Å². The Kier molecular flexibility index (Phi) is 4.49. The van der Waals surface area contributed by atoms with E-state index in [0.29, 0.717) is 37.7 Å². The molecule has 96 valence electrons. The highest BCUT2D eigenvalue weighted by Crippen LogP contribution is 2.13. The monoisotopic (exact) mass is 310 g/mol. The van der Waals surface area contributed by atoms with Gasteiger partial charge in [0.05, 0.1) is 19.6 Å². The Morgan fingerprint density at radius 2 is 1.89 bits per heavy atom. The van der Waals surface area contributed by atoms with Crippen LogP contribution in [0.3, 0.4) is 0 Å². The highest BCUT2D eigenvalue weighted by Gasteiger charge is 2.17. The Balaban J connectivity index is 1.94. The van der Waals surface area contributed by atoms with Gasteiger partial charge in [0.15, 0.2) is 5.78 Å². The first kappa shape index (κ1) is 13.2. The lowest BCUT2D eigenvalue weighted by molar-refractivity contribution is 0.0663. The van der Waals surface area contributed by atoms with Gasteiger partial charge < -0.3 is 9.64 Å². The molecule has 0 unspecified atom stereocenters. The molecule has 0 radical (unpaired) electrons. The minimum atomic E-state index is -0.0148. The maximum atomic E-state index is 12.0. The molecule has 4 nitrogen and oxygen atoms in total. The molecule has 0 amide bonds. The van der Waals surface area contributed by atoms with Crippen molar-refractivity contribution in [3.05, 3.63) is 34.3 Å². The van der Waals surface area contributed by atoms with Crippen molar-refractivity contribution in [1.29, 1.82) is 5.41 Å². The Morgan fingerprint density at radius 3 is 2.50 bits per heavy atom. The summed E-state index contributed by atoms with van der Waals surface area (Å²) in [5.74, 6) is 0.366. The summed E-state index contributed by atoms with van der Waals surface area (Å²) in [5, 5.41) is 7.95. The molecule has 0 bridgehead atoms. The molecule has 1 aliphatic rings. The van der Waals surface area contributed by atoms with Crippen LogP contribution in [-0.4, -0.2) is 42.8 Å². The van der Waals surface area contributed by atoms with Gasteiger partial charge in [-0.05, 0) is 12.1 Å². The summed E-state index contributed by atoms with van der Waals surface area (Å²) in [7, 11) is 0. The van der Waals surface area contributed by atoms with Crippen molar-refractivity contribution in [1.82, 2.24) is 4.90 Å². The number of halogens is 1. The predicted octanol–water partition coefficient (Wildman–Crippen LogP) is 2.33. The Bertz CT molecular complexity index is 439. The number of Topliss-reactive ketones (excluding diaryl/α,β-unsaturated/α-hetero) is 1. The number of benzene rings is 1. The summed E-state index contributed by atoms with van der Waals surface area (Å²) in [4.78, 5) is 13.9. The second-order valence-electron chi connectivity index (χ2n) is 4.15. The molecule has 1 aliphatic heterocycles. The van der Waals surface area contributed by atoms with Gasteiger partial charge in [-0.3, -0.25) is 10.2 Å². The van der Waals surface area contributed by atoms with Crippen molar-refractivity contribution in [2.75, 3.05) is 26.3 Å². The van der Waals surface area contributed by atoms with E-state index in [-0.39, 0.29) is 12.2 Å². The zero-order valence-corrected chi connectivity index (χ0v) is 11.6. The maximum Gasteiger partial charge on any atom is 0.170 e. The third-order valence-corrected chi connectivity index (χ3v) is 3.42. The summed E-state index contributed by atoms with van der Waals surface area (Å²) in [6.45, 7) is 2.67. The number of carbonyl (C=O) groups excluding carboxylic acids is 1. The molecule has 2 rings (SSSR count). The molecule has 0 aliphatic carbocycles. The van der Waals surface area contributed by atoms with Crippen LogP contribution < -0.4 is 0 Å². The largest absolute Gasteiger partial charge is 0.378 e. The van der Waals surface area contributed by atoms with E-state index in [1.807, 2.05) is 17.0 Å². The van der Waals surface area contributed by atoms with Gasteiger partial charge in [-0.1, -0.05) is 28.1 Å². The number of morpholine rings is 1. The van der Waals surface area contributed by atoms with Gasteiger partial charge in [0.2, 0.25) is 0 Å². The highest BCUT2D eigenvalue weighted by molar-refractivity contribution is 9.10. The fourth-order valence-electron chi connectivity index (χ4n) is 1.83. The average molecular weight is 311 g/mol. The fourth-order valence-corrected chi connectivity index (χ4v) is 2.10. The van der Waals surface area contributed by atoms with Crippen LogP contribution >= 0.6 is 15.9 Å². The number of carbonyl (C=O) groups is 1. The third-order valence-electron chi connectivity index (χ3n) is 2.89.